The van der Waals surface area contributed by atoms with Crippen molar-refractivity contribution in [1.82, 2.24) is 15.1 Å². The maximum Gasteiger partial charge on any atom is 0.233 e. The van der Waals surface area contributed by atoms with Crippen molar-refractivity contribution in [3.8, 4) is 0 Å². The summed E-state index contributed by atoms with van der Waals surface area (Å²) in [5, 5.41) is 3.88. The van der Waals surface area contributed by atoms with Gasteiger partial charge in [-0.2, -0.15) is 0 Å². The second kappa shape index (κ2) is 7.58. The molecule has 3 aliphatic rings. The fourth-order valence-corrected chi connectivity index (χ4v) is 5.10. The van der Waals surface area contributed by atoms with Gasteiger partial charge in [-0.15, -0.1) is 0 Å². The summed E-state index contributed by atoms with van der Waals surface area (Å²) >= 11 is 5.41. The van der Waals surface area contributed by atoms with Gasteiger partial charge in [0.2, 0.25) is 11.8 Å². The van der Waals surface area contributed by atoms with Gasteiger partial charge in [-0.05, 0) is 55.4 Å². The van der Waals surface area contributed by atoms with Crippen molar-refractivity contribution >= 4 is 29.1 Å². The van der Waals surface area contributed by atoms with E-state index in [1.165, 1.54) is 11.1 Å². The molecule has 6 heteroatoms. The predicted octanol–water partition coefficient (Wildman–Crippen LogP) is 2.48. The first-order valence-electron chi connectivity index (χ1n) is 10.1. The van der Waals surface area contributed by atoms with Crippen molar-refractivity contribution in [2.75, 3.05) is 13.1 Å². The second-order valence-corrected chi connectivity index (χ2v) is 8.33. The van der Waals surface area contributed by atoms with Crippen LogP contribution >= 0.6 is 12.2 Å². The van der Waals surface area contributed by atoms with Crippen LogP contribution in [-0.4, -0.2) is 45.9 Å². The molecule has 2 fully saturated rings. The molecule has 0 radical (unpaired) electrons. The van der Waals surface area contributed by atoms with Crippen molar-refractivity contribution in [3.05, 3.63) is 35.4 Å². The molecule has 1 aromatic carbocycles. The zero-order chi connectivity index (χ0) is 19.0. The maximum absolute atomic E-state index is 13.1. The van der Waals surface area contributed by atoms with Crippen molar-refractivity contribution in [2.45, 2.75) is 51.6 Å². The highest BCUT2D eigenvalue weighted by Gasteiger charge is 2.44. The van der Waals surface area contributed by atoms with Crippen LogP contribution in [-0.2, 0) is 22.6 Å². The monoisotopic (exact) mass is 385 g/mol. The molecule has 27 heavy (non-hydrogen) atoms. The highest BCUT2D eigenvalue weighted by atomic mass is 32.1. The molecule has 1 N–H and O–H groups in total. The van der Waals surface area contributed by atoms with Gasteiger partial charge in [-0.3, -0.25) is 14.5 Å². The van der Waals surface area contributed by atoms with E-state index in [0.717, 1.165) is 32.2 Å². The molecule has 1 saturated heterocycles. The summed E-state index contributed by atoms with van der Waals surface area (Å²) in [5.74, 6) is 0.314. The minimum Gasteiger partial charge on any atom is -0.359 e. The van der Waals surface area contributed by atoms with E-state index in [1.54, 1.807) is 4.90 Å². The average molecular weight is 386 g/mol. The molecule has 144 valence electrons. The van der Waals surface area contributed by atoms with Crippen molar-refractivity contribution in [1.29, 1.82) is 0 Å². The van der Waals surface area contributed by atoms with E-state index >= 15 is 0 Å². The van der Waals surface area contributed by atoms with Crippen LogP contribution in [0.25, 0.3) is 0 Å². The number of fused-ring (bicyclic) bond motifs is 2. The normalized spacial score (nSPS) is 27.7. The standard InChI is InChI=1S/C21H27N3O2S/c1-2-10-24-20(26)17-8-7-15(12-18(17)22-21(24)27)19(25)23-11-9-14-5-3-4-6-16(14)13-23/h3-6,15,17-18H,2,7-13H2,1H3,(H,22,27). The third-order valence-corrected chi connectivity index (χ3v) is 6.56. The van der Waals surface area contributed by atoms with Crippen LogP contribution in [0.5, 0.6) is 0 Å². The highest BCUT2D eigenvalue weighted by Crippen LogP contribution is 2.35. The summed E-state index contributed by atoms with van der Waals surface area (Å²) in [7, 11) is 0. The van der Waals surface area contributed by atoms with E-state index in [1.807, 2.05) is 17.9 Å². The summed E-state index contributed by atoms with van der Waals surface area (Å²) in [6.45, 7) is 4.21. The number of nitrogens with one attached hydrogen (secondary N) is 1. The molecule has 3 unspecified atom stereocenters. The van der Waals surface area contributed by atoms with Crippen LogP contribution in [0.15, 0.2) is 24.3 Å². The second-order valence-electron chi connectivity index (χ2n) is 7.94. The quantitative estimate of drug-likeness (QED) is 0.813. The Kier molecular flexibility index (Phi) is 5.17. The number of benzene rings is 1. The molecular formula is C21H27N3O2S. The Hall–Kier alpha value is -1.95. The third kappa shape index (κ3) is 3.47. The molecule has 2 aliphatic heterocycles. The molecule has 0 spiro atoms. The summed E-state index contributed by atoms with van der Waals surface area (Å²) in [5.41, 5.74) is 2.61. The number of amides is 2. The Morgan fingerprint density at radius 2 is 2.04 bits per heavy atom. The average Bonchev–Trinajstić information content (AvgIpc) is 2.69. The first-order chi connectivity index (χ1) is 13.1. The van der Waals surface area contributed by atoms with Crippen LogP contribution in [0.2, 0.25) is 0 Å². The minimum atomic E-state index is -0.0469. The van der Waals surface area contributed by atoms with Crippen LogP contribution in [0, 0.1) is 11.8 Å². The molecule has 1 aliphatic carbocycles. The van der Waals surface area contributed by atoms with Crippen molar-refractivity contribution in [2.24, 2.45) is 11.8 Å². The van der Waals surface area contributed by atoms with E-state index in [2.05, 4.69) is 23.5 Å². The van der Waals surface area contributed by atoms with Gasteiger partial charge in [-0.1, -0.05) is 31.2 Å². The number of rotatable bonds is 3. The van der Waals surface area contributed by atoms with E-state index in [0.29, 0.717) is 24.6 Å². The van der Waals surface area contributed by atoms with E-state index in [4.69, 9.17) is 12.2 Å². The smallest absolute Gasteiger partial charge is 0.233 e. The number of hydrogen-bond acceptors (Lipinski definition) is 3. The van der Waals surface area contributed by atoms with Gasteiger partial charge in [0.25, 0.3) is 0 Å². The predicted molar refractivity (Wildman–Crippen MR) is 108 cm³/mol. The third-order valence-electron chi connectivity index (χ3n) is 6.23. The van der Waals surface area contributed by atoms with Crippen LogP contribution < -0.4 is 5.32 Å². The van der Waals surface area contributed by atoms with Gasteiger partial charge in [0.1, 0.15) is 0 Å². The van der Waals surface area contributed by atoms with Gasteiger partial charge in [0, 0.05) is 31.6 Å². The van der Waals surface area contributed by atoms with Crippen LogP contribution in [0.3, 0.4) is 0 Å². The Morgan fingerprint density at radius 3 is 2.81 bits per heavy atom. The Bertz CT molecular complexity index is 766. The summed E-state index contributed by atoms with van der Waals surface area (Å²) in [6, 6.07) is 8.38. The SMILES string of the molecule is CCCN1C(=O)C2CCC(C(=O)N3CCc4ccccc4C3)CC2NC1=S. The summed E-state index contributed by atoms with van der Waals surface area (Å²) in [6.07, 6.45) is 4.07. The highest BCUT2D eigenvalue weighted by molar-refractivity contribution is 7.80. The number of hydrogen-bond donors (Lipinski definition) is 1. The maximum atomic E-state index is 13.1. The van der Waals surface area contributed by atoms with Gasteiger partial charge in [0.15, 0.2) is 5.11 Å². The Labute approximate surface area is 166 Å². The lowest BCUT2D eigenvalue weighted by atomic mass is 9.76. The molecule has 0 aromatic heterocycles. The van der Waals surface area contributed by atoms with Crippen LogP contribution in [0.1, 0.15) is 43.7 Å². The summed E-state index contributed by atoms with van der Waals surface area (Å²) in [4.78, 5) is 29.6. The lowest BCUT2D eigenvalue weighted by Gasteiger charge is -2.44. The molecule has 0 bridgehead atoms. The van der Waals surface area contributed by atoms with Gasteiger partial charge in [0.05, 0.1) is 5.92 Å². The largest absolute Gasteiger partial charge is 0.359 e. The molecule has 1 aromatic rings. The topological polar surface area (TPSA) is 52.7 Å². The number of carbonyl (C=O) groups excluding carboxylic acids is 2. The fraction of sp³-hybridized carbons (Fsp3) is 0.571. The molecule has 5 nitrogen and oxygen atoms in total. The van der Waals surface area contributed by atoms with Crippen molar-refractivity contribution in [3.63, 3.8) is 0 Å². The van der Waals surface area contributed by atoms with Gasteiger partial charge in [-0.25, -0.2) is 0 Å². The molecule has 3 atom stereocenters. The minimum absolute atomic E-state index is 0.00196. The van der Waals surface area contributed by atoms with Crippen LogP contribution in [0.4, 0.5) is 0 Å². The van der Waals surface area contributed by atoms with Crippen molar-refractivity contribution < 1.29 is 9.59 Å². The Balaban J connectivity index is 1.42. The molecule has 2 amide bonds. The number of nitrogens with zero attached hydrogens (tertiary/aromatic N) is 2. The Morgan fingerprint density at radius 1 is 1.26 bits per heavy atom. The van der Waals surface area contributed by atoms with Gasteiger partial charge < -0.3 is 10.2 Å². The first-order valence-corrected chi connectivity index (χ1v) is 10.5. The van der Waals surface area contributed by atoms with E-state index in [9.17, 15) is 9.59 Å². The number of thiocarbonyl (C=S) groups is 1. The fourth-order valence-electron chi connectivity index (χ4n) is 4.76. The number of carbonyl (C=O) groups is 2. The molecule has 2 heterocycles. The van der Waals surface area contributed by atoms with E-state index in [-0.39, 0.29) is 29.7 Å². The first kappa shape index (κ1) is 18.4. The lowest BCUT2D eigenvalue weighted by Crippen LogP contribution is -2.62. The molecular weight excluding hydrogens is 358 g/mol. The zero-order valence-corrected chi connectivity index (χ0v) is 16.6. The molecule has 4 rings (SSSR count). The summed E-state index contributed by atoms with van der Waals surface area (Å²) < 4.78 is 0. The van der Waals surface area contributed by atoms with E-state index < -0.39 is 0 Å². The molecule has 1 saturated carbocycles. The van der Waals surface area contributed by atoms with Gasteiger partial charge >= 0.3 is 0 Å². The zero-order valence-electron chi connectivity index (χ0n) is 15.8. The lowest BCUT2D eigenvalue weighted by molar-refractivity contribution is -0.142.